The first-order chi connectivity index (χ1) is 12.1. The second kappa shape index (κ2) is 8.21. The molecule has 1 unspecified atom stereocenters. The van der Waals surface area contributed by atoms with E-state index in [2.05, 4.69) is 21.3 Å². The maximum Gasteiger partial charge on any atom is 0.315 e. The molecule has 1 atom stereocenters. The molecule has 1 aliphatic rings. The van der Waals surface area contributed by atoms with Gasteiger partial charge in [-0.05, 0) is 58.2 Å². The molecular weight excluding hydrogens is 332 g/mol. The number of urea groups is 1. The van der Waals surface area contributed by atoms with E-state index in [-0.39, 0.29) is 35.9 Å². The Morgan fingerprint density at radius 2 is 1.73 bits per heavy atom. The van der Waals surface area contributed by atoms with Gasteiger partial charge in [0.2, 0.25) is 11.8 Å². The minimum atomic E-state index is -0.410. The second-order valence-electron chi connectivity index (χ2n) is 7.73. The zero-order chi connectivity index (χ0) is 19.3. The first-order valence-electron chi connectivity index (χ1n) is 8.90. The summed E-state index contributed by atoms with van der Waals surface area (Å²) in [6.07, 6.45) is 1.93. The lowest BCUT2D eigenvalue weighted by molar-refractivity contribution is -0.121. The highest BCUT2D eigenvalue weighted by Gasteiger charge is 2.29. The van der Waals surface area contributed by atoms with Gasteiger partial charge in [-0.3, -0.25) is 9.59 Å². The molecule has 1 aliphatic carbocycles. The van der Waals surface area contributed by atoms with Gasteiger partial charge in [-0.1, -0.05) is 12.1 Å². The largest absolute Gasteiger partial charge is 0.350 e. The molecule has 0 aromatic heterocycles. The summed E-state index contributed by atoms with van der Waals surface area (Å²) < 4.78 is 0. The molecule has 4 N–H and O–H groups in total. The van der Waals surface area contributed by atoms with E-state index in [1.165, 1.54) is 0 Å². The van der Waals surface area contributed by atoms with Crippen molar-refractivity contribution in [1.29, 1.82) is 0 Å². The number of benzene rings is 1. The quantitative estimate of drug-likeness (QED) is 0.626. The highest BCUT2D eigenvalue weighted by molar-refractivity contribution is 5.94. The van der Waals surface area contributed by atoms with Crippen molar-refractivity contribution in [1.82, 2.24) is 16.0 Å². The van der Waals surface area contributed by atoms with Crippen LogP contribution in [0.5, 0.6) is 0 Å². The third kappa shape index (κ3) is 6.74. The Morgan fingerprint density at radius 3 is 2.27 bits per heavy atom. The predicted octanol–water partition coefficient (Wildman–Crippen LogP) is 2.31. The average Bonchev–Trinajstić information content (AvgIpc) is 3.37. The molecule has 0 bridgehead atoms. The van der Waals surface area contributed by atoms with Crippen LogP contribution in [0, 0.1) is 5.92 Å². The van der Waals surface area contributed by atoms with Crippen molar-refractivity contribution in [3.63, 3.8) is 0 Å². The van der Waals surface area contributed by atoms with Crippen molar-refractivity contribution in [2.24, 2.45) is 5.92 Å². The highest BCUT2D eigenvalue weighted by Crippen LogP contribution is 2.30. The van der Waals surface area contributed by atoms with E-state index in [1.807, 2.05) is 52.0 Å². The lowest BCUT2D eigenvalue weighted by atomic mass is 10.1. The first kappa shape index (κ1) is 19.8. The van der Waals surface area contributed by atoms with Gasteiger partial charge in [-0.15, -0.1) is 0 Å². The molecule has 26 heavy (non-hydrogen) atoms. The van der Waals surface area contributed by atoms with Crippen molar-refractivity contribution >= 4 is 23.5 Å². The summed E-state index contributed by atoms with van der Waals surface area (Å²) in [7, 11) is 0. The fourth-order valence-corrected chi connectivity index (χ4v) is 2.40. The third-order valence-corrected chi connectivity index (χ3v) is 3.90. The number of anilines is 1. The van der Waals surface area contributed by atoms with E-state index in [0.717, 1.165) is 24.1 Å². The van der Waals surface area contributed by atoms with Crippen LogP contribution in [0.25, 0.3) is 0 Å². The Balaban J connectivity index is 1.77. The second-order valence-corrected chi connectivity index (χ2v) is 7.73. The molecule has 1 fully saturated rings. The smallest absolute Gasteiger partial charge is 0.315 e. The number of carbonyl (C=O) groups excluding carboxylic acids is 3. The molecule has 7 heteroatoms. The summed E-state index contributed by atoms with van der Waals surface area (Å²) in [6, 6.07) is 6.73. The zero-order valence-corrected chi connectivity index (χ0v) is 15.8. The summed E-state index contributed by atoms with van der Waals surface area (Å²) in [6.45, 7) is 7.41. The standard InChI is InChI=1S/C19H28N4O3/c1-12(21-18(26)20-11-16(24)23-19(2,3)4)13-7-9-15(10-8-13)22-17(25)14-5-6-14/h7-10,12,14H,5-6,11H2,1-4H3,(H,22,25)(H,23,24)(H2,20,21,26). The molecule has 7 nitrogen and oxygen atoms in total. The predicted molar refractivity (Wildman–Crippen MR) is 101 cm³/mol. The van der Waals surface area contributed by atoms with Gasteiger partial charge in [-0.2, -0.15) is 0 Å². The number of carbonyl (C=O) groups is 3. The van der Waals surface area contributed by atoms with Crippen LogP contribution in [0.1, 0.15) is 52.1 Å². The van der Waals surface area contributed by atoms with Crippen LogP contribution < -0.4 is 21.3 Å². The van der Waals surface area contributed by atoms with E-state index in [0.29, 0.717) is 0 Å². The molecule has 0 radical (unpaired) electrons. The molecule has 142 valence electrons. The Kier molecular flexibility index (Phi) is 6.23. The van der Waals surface area contributed by atoms with Gasteiger partial charge in [0.1, 0.15) is 0 Å². The molecule has 2 rings (SSSR count). The monoisotopic (exact) mass is 360 g/mol. The van der Waals surface area contributed by atoms with Crippen LogP contribution in [0.2, 0.25) is 0 Å². The molecule has 4 amide bonds. The van der Waals surface area contributed by atoms with Crippen molar-refractivity contribution < 1.29 is 14.4 Å². The summed E-state index contributed by atoms with van der Waals surface area (Å²) in [5, 5.41) is 11.0. The summed E-state index contributed by atoms with van der Waals surface area (Å²) >= 11 is 0. The molecule has 1 aromatic rings. The minimum Gasteiger partial charge on any atom is -0.350 e. The van der Waals surface area contributed by atoms with E-state index in [4.69, 9.17) is 0 Å². The Labute approximate surface area is 154 Å². The Hall–Kier alpha value is -2.57. The average molecular weight is 360 g/mol. The van der Waals surface area contributed by atoms with Crippen LogP contribution in [-0.4, -0.2) is 29.9 Å². The third-order valence-electron chi connectivity index (χ3n) is 3.90. The molecule has 1 aromatic carbocycles. The maximum atomic E-state index is 11.9. The number of hydrogen-bond donors (Lipinski definition) is 4. The van der Waals surface area contributed by atoms with Gasteiger partial charge in [0.25, 0.3) is 0 Å². The van der Waals surface area contributed by atoms with Gasteiger partial charge in [0.05, 0.1) is 12.6 Å². The zero-order valence-electron chi connectivity index (χ0n) is 15.8. The van der Waals surface area contributed by atoms with Gasteiger partial charge in [0, 0.05) is 17.1 Å². The fourth-order valence-electron chi connectivity index (χ4n) is 2.40. The van der Waals surface area contributed by atoms with Gasteiger partial charge in [0.15, 0.2) is 0 Å². The minimum absolute atomic E-state index is 0.0665. The van der Waals surface area contributed by atoms with Crippen LogP contribution in [-0.2, 0) is 9.59 Å². The van der Waals surface area contributed by atoms with Crippen LogP contribution in [0.15, 0.2) is 24.3 Å². The van der Waals surface area contributed by atoms with E-state index in [9.17, 15) is 14.4 Å². The molecule has 0 aliphatic heterocycles. The topological polar surface area (TPSA) is 99.3 Å². The summed E-state index contributed by atoms with van der Waals surface area (Å²) in [4.78, 5) is 35.4. The van der Waals surface area contributed by atoms with Crippen LogP contribution in [0.4, 0.5) is 10.5 Å². The number of nitrogens with one attached hydrogen (secondary N) is 4. The number of rotatable bonds is 6. The Morgan fingerprint density at radius 1 is 1.12 bits per heavy atom. The normalized spacial score (nSPS) is 14.9. The SMILES string of the molecule is CC(NC(=O)NCC(=O)NC(C)(C)C)c1ccc(NC(=O)C2CC2)cc1. The van der Waals surface area contributed by atoms with Crippen molar-refractivity contribution in [3.05, 3.63) is 29.8 Å². The van der Waals surface area contributed by atoms with Crippen LogP contribution >= 0.6 is 0 Å². The van der Waals surface area contributed by atoms with Gasteiger partial charge < -0.3 is 21.3 Å². The van der Waals surface area contributed by atoms with E-state index < -0.39 is 6.03 Å². The molecular formula is C19H28N4O3. The summed E-state index contributed by atoms with van der Waals surface area (Å²) in [5.41, 5.74) is 1.32. The van der Waals surface area contributed by atoms with Crippen molar-refractivity contribution in [3.8, 4) is 0 Å². The summed E-state index contributed by atoms with van der Waals surface area (Å²) in [5.74, 6) is -0.0117. The lowest BCUT2D eigenvalue weighted by Crippen LogP contribution is -2.47. The van der Waals surface area contributed by atoms with Crippen molar-refractivity contribution in [2.45, 2.75) is 52.1 Å². The maximum absolute atomic E-state index is 11.9. The fraction of sp³-hybridized carbons (Fsp3) is 0.526. The van der Waals surface area contributed by atoms with Gasteiger partial charge >= 0.3 is 6.03 Å². The highest BCUT2D eigenvalue weighted by atomic mass is 16.2. The number of amides is 4. The first-order valence-corrected chi connectivity index (χ1v) is 8.90. The van der Waals surface area contributed by atoms with E-state index >= 15 is 0 Å². The lowest BCUT2D eigenvalue weighted by Gasteiger charge is -2.21. The van der Waals surface area contributed by atoms with Crippen LogP contribution in [0.3, 0.4) is 0 Å². The molecule has 0 saturated heterocycles. The van der Waals surface area contributed by atoms with Gasteiger partial charge in [-0.25, -0.2) is 4.79 Å². The molecule has 0 spiro atoms. The Bertz CT molecular complexity index is 660. The van der Waals surface area contributed by atoms with Crippen molar-refractivity contribution in [2.75, 3.05) is 11.9 Å². The molecule has 0 heterocycles. The molecule has 1 saturated carbocycles. The number of hydrogen-bond acceptors (Lipinski definition) is 3. The van der Waals surface area contributed by atoms with E-state index in [1.54, 1.807) is 0 Å².